The maximum absolute atomic E-state index is 9.32. The van der Waals surface area contributed by atoms with Crippen LogP contribution in [0.5, 0.6) is 5.75 Å². The van der Waals surface area contributed by atoms with E-state index in [4.69, 9.17) is 26.7 Å². The monoisotopic (exact) mass is 306 g/mol. The Kier molecular flexibility index (Phi) is 5.17. The highest BCUT2D eigenvalue weighted by Gasteiger charge is 2.27. The first kappa shape index (κ1) is 16.0. The van der Waals surface area contributed by atoms with Gasteiger partial charge in [0.15, 0.2) is 5.84 Å². The maximum atomic E-state index is 9.32. The van der Waals surface area contributed by atoms with E-state index in [1.807, 2.05) is 0 Å². The highest BCUT2D eigenvalue weighted by molar-refractivity contribution is 6.70. The van der Waals surface area contributed by atoms with Crippen LogP contribution in [0, 0.1) is 5.41 Å². The minimum atomic E-state index is -0.902. The van der Waals surface area contributed by atoms with Gasteiger partial charge in [-0.2, -0.15) is 5.10 Å². The number of nitrogens with one attached hydrogen (secondary N) is 1. The van der Waals surface area contributed by atoms with Gasteiger partial charge >= 0.3 is 0 Å². The summed E-state index contributed by atoms with van der Waals surface area (Å²) in [4.78, 5) is 4.30. The molecule has 2 rings (SSSR count). The molecule has 7 N–H and O–H groups in total. The highest BCUT2D eigenvalue weighted by Crippen LogP contribution is 2.20. The van der Waals surface area contributed by atoms with Crippen molar-refractivity contribution in [2.75, 3.05) is 19.8 Å². The second kappa shape index (κ2) is 7.09. The number of amidine groups is 1. The SMILES string of the molecule is N=C1C(=Nc2ccc(OC(N)N)cc2)C(CO)=NN1CCO. The Balaban J connectivity index is 2.21. The lowest BCUT2D eigenvalue weighted by Gasteiger charge is -2.11. The number of hydrogen-bond acceptors (Lipinski definition) is 8. The van der Waals surface area contributed by atoms with Crippen molar-refractivity contribution in [2.45, 2.75) is 6.35 Å². The standard InChI is InChI=1S/C13H18N6O3/c14-12-11(10(7-21)18-19(12)5-6-20)17-8-1-3-9(4-2-8)22-13(15)16/h1-4,13-14,20-21H,5-7,15-16H2. The van der Waals surface area contributed by atoms with E-state index in [1.54, 1.807) is 24.3 Å². The Morgan fingerprint density at radius 2 is 1.95 bits per heavy atom. The topological polar surface area (TPSA) is 154 Å². The predicted molar refractivity (Wildman–Crippen MR) is 82.4 cm³/mol. The summed E-state index contributed by atoms with van der Waals surface area (Å²) in [7, 11) is 0. The van der Waals surface area contributed by atoms with Crippen LogP contribution >= 0.6 is 0 Å². The van der Waals surface area contributed by atoms with Gasteiger partial charge in [-0.15, -0.1) is 0 Å². The van der Waals surface area contributed by atoms with Crippen LogP contribution in [0.3, 0.4) is 0 Å². The molecule has 0 spiro atoms. The van der Waals surface area contributed by atoms with Gasteiger partial charge in [-0.1, -0.05) is 0 Å². The molecule has 118 valence electrons. The zero-order valence-electron chi connectivity index (χ0n) is 11.8. The van der Waals surface area contributed by atoms with Crippen molar-refractivity contribution in [3.63, 3.8) is 0 Å². The van der Waals surface area contributed by atoms with Gasteiger partial charge in [0.1, 0.15) is 17.2 Å². The first-order valence-electron chi connectivity index (χ1n) is 6.57. The van der Waals surface area contributed by atoms with E-state index in [-0.39, 0.29) is 37.0 Å². The molecule has 9 nitrogen and oxygen atoms in total. The van der Waals surface area contributed by atoms with Crippen molar-refractivity contribution in [2.24, 2.45) is 21.6 Å². The first-order valence-corrected chi connectivity index (χ1v) is 6.57. The van der Waals surface area contributed by atoms with Gasteiger partial charge in [0.05, 0.1) is 25.4 Å². The van der Waals surface area contributed by atoms with Gasteiger partial charge in [0, 0.05) is 0 Å². The molecule has 0 aliphatic carbocycles. The summed E-state index contributed by atoms with van der Waals surface area (Å²) in [5.74, 6) is 0.529. The summed E-state index contributed by atoms with van der Waals surface area (Å²) >= 11 is 0. The number of aliphatic hydroxyl groups excluding tert-OH is 2. The molecule has 0 amide bonds. The van der Waals surface area contributed by atoms with E-state index < -0.39 is 6.35 Å². The molecule has 9 heteroatoms. The number of benzene rings is 1. The van der Waals surface area contributed by atoms with Crippen LogP contribution < -0.4 is 16.2 Å². The minimum Gasteiger partial charge on any atom is -0.463 e. The lowest BCUT2D eigenvalue weighted by atomic mass is 10.2. The van der Waals surface area contributed by atoms with E-state index in [0.29, 0.717) is 11.4 Å². The summed E-state index contributed by atoms with van der Waals surface area (Å²) in [5.41, 5.74) is 11.8. The number of nitrogens with two attached hydrogens (primary N) is 2. The lowest BCUT2D eigenvalue weighted by Crippen LogP contribution is -2.36. The third-order valence-electron chi connectivity index (χ3n) is 2.81. The van der Waals surface area contributed by atoms with Crippen LogP contribution in [-0.4, -0.2) is 58.6 Å². The quantitative estimate of drug-likeness (QED) is 0.423. The molecule has 1 aliphatic rings. The van der Waals surface area contributed by atoms with Crippen molar-refractivity contribution >= 4 is 22.9 Å². The van der Waals surface area contributed by atoms with Crippen molar-refractivity contribution in [1.82, 2.24) is 5.01 Å². The minimum absolute atomic E-state index is 0.0300. The summed E-state index contributed by atoms with van der Waals surface area (Å²) in [5, 5.41) is 31.6. The molecule has 0 radical (unpaired) electrons. The van der Waals surface area contributed by atoms with Crippen LogP contribution in [0.25, 0.3) is 0 Å². The number of β-amino-alcohol motifs (C(OH)–C–C–N with tert-alkyl or cyclic N) is 1. The second-order valence-electron chi connectivity index (χ2n) is 4.44. The summed E-state index contributed by atoms with van der Waals surface area (Å²) < 4.78 is 5.12. The Morgan fingerprint density at radius 1 is 1.27 bits per heavy atom. The van der Waals surface area contributed by atoms with E-state index in [2.05, 4.69) is 10.1 Å². The molecule has 0 bridgehead atoms. The first-order chi connectivity index (χ1) is 10.5. The molecule has 1 aromatic carbocycles. The number of hydrazone groups is 1. The second-order valence-corrected chi connectivity index (χ2v) is 4.44. The molecule has 0 unspecified atom stereocenters. The number of aliphatic imine (C=N–C) groups is 1. The van der Waals surface area contributed by atoms with Gasteiger partial charge in [-0.3, -0.25) is 16.9 Å². The highest BCUT2D eigenvalue weighted by atomic mass is 16.5. The Hall–Kier alpha value is -2.33. The molecule has 22 heavy (non-hydrogen) atoms. The average Bonchev–Trinajstić information content (AvgIpc) is 2.78. The summed E-state index contributed by atoms with van der Waals surface area (Å²) in [6.07, 6.45) is -0.902. The van der Waals surface area contributed by atoms with Crippen LogP contribution in [0.15, 0.2) is 34.4 Å². The molecule has 0 aromatic heterocycles. The Bertz CT molecular complexity index is 596. The molecule has 0 saturated carbocycles. The molecular weight excluding hydrogens is 288 g/mol. The zero-order chi connectivity index (χ0) is 16.1. The zero-order valence-corrected chi connectivity index (χ0v) is 11.8. The normalized spacial score (nSPS) is 16.6. The fraction of sp³-hybridized carbons (Fsp3) is 0.308. The smallest absolute Gasteiger partial charge is 0.201 e. The summed E-state index contributed by atoms with van der Waals surface area (Å²) in [6.45, 7) is -0.321. The number of rotatable bonds is 6. The van der Waals surface area contributed by atoms with E-state index in [9.17, 15) is 5.11 Å². The van der Waals surface area contributed by atoms with Gasteiger partial charge < -0.3 is 14.9 Å². The predicted octanol–water partition coefficient (Wildman–Crippen LogP) is -1.03. The van der Waals surface area contributed by atoms with Crippen molar-refractivity contribution in [3.05, 3.63) is 24.3 Å². The number of aliphatic hydroxyl groups is 2. The largest absolute Gasteiger partial charge is 0.463 e. The fourth-order valence-corrected chi connectivity index (χ4v) is 1.87. The third kappa shape index (κ3) is 3.65. The molecule has 0 fully saturated rings. The van der Waals surface area contributed by atoms with Crippen LogP contribution in [0.2, 0.25) is 0 Å². The van der Waals surface area contributed by atoms with E-state index >= 15 is 0 Å². The van der Waals surface area contributed by atoms with Gasteiger partial charge in [0.2, 0.25) is 6.35 Å². The van der Waals surface area contributed by atoms with Crippen LogP contribution in [-0.2, 0) is 0 Å². The fourth-order valence-electron chi connectivity index (χ4n) is 1.87. The van der Waals surface area contributed by atoms with Crippen LogP contribution in [0.1, 0.15) is 0 Å². The van der Waals surface area contributed by atoms with E-state index in [1.165, 1.54) is 5.01 Å². The van der Waals surface area contributed by atoms with E-state index in [0.717, 1.165) is 0 Å². The van der Waals surface area contributed by atoms with Gasteiger partial charge in [0.25, 0.3) is 0 Å². The van der Waals surface area contributed by atoms with Crippen LogP contribution in [0.4, 0.5) is 5.69 Å². The lowest BCUT2D eigenvalue weighted by molar-refractivity contribution is 0.217. The Labute approximate surface area is 127 Å². The molecule has 1 aliphatic heterocycles. The third-order valence-corrected chi connectivity index (χ3v) is 2.81. The number of ether oxygens (including phenoxy) is 1. The Morgan fingerprint density at radius 3 is 2.50 bits per heavy atom. The molecule has 1 heterocycles. The van der Waals surface area contributed by atoms with Crippen molar-refractivity contribution in [3.8, 4) is 5.75 Å². The number of hydrogen-bond donors (Lipinski definition) is 5. The molecule has 1 aromatic rings. The summed E-state index contributed by atoms with van der Waals surface area (Å²) in [6, 6.07) is 6.63. The molecular formula is C13H18N6O3. The average molecular weight is 306 g/mol. The number of nitrogens with zero attached hydrogens (tertiary/aromatic N) is 3. The maximum Gasteiger partial charge on any atom is 0.201 e. The van der Waals surface area contributed by atoms with Crippen molar-refractivity contribution < 1.29 is 14.9 Å². The molecule has 0 atom stereocenters. The van der Waals surface area contributed by atoms with Gasteiger partial charge in [-0.05, 0) is 24.3 Å². The van der Waals surface area contributed by atoms with Gasteiger partial charge in [-0.25, -0.2) is 10.0 Å². The molecule has 0 saturated heterocycles. The van der Waals surface area contributed by atoms with Crippen molar-refractivity contribution in [1.29, 1.82) is 5.41 Å².